The third-order valence-corrected chi connectivity index (χ3v) is 3.45. The maximum atomic E-state index is 11.7. The average Bonchev–Trinajstić information content (AvgIpc) is 2.17. The molecule has 1 saturated heterocycles. The molecule has 1 aliphatic rings. The molecule has 74 valence electrons. The van der Waals surface area contributed by atoms with Crippen LogP contribution in [-0.2, 0) is 4.79 Å². The van der Waals surface area contributed by atoms with Crippen molar-refractivity contribution in [2.24, 2.45) is 0 Å². The number of amides is 1. The molecule has 3 heteroatoms. The minimum Gasteiger partial charge on any atom is -0.341 e. The number of nitrogens with zero attached hydrogens (tertiary/aromatic N) is 1. The maximum absolute atomic E-state index is 11.7. The molecular weight excluding hydrogens is 230 g/mol. The van der Waals surface area contributed by atoms with E-state index < -0.39 is 0 Å². The van der Waals surface area contributed by atoms with E-state index in [4.69, 9.17) is 0 Å². The Morgan fingerprint density at radius 3 is 2.62 bits per heavy atom. The molecule has 0 radical (unpaired) electrons. The smallest absolute Gasteiger partial charge is 0.236 e. The standard InChI is InChI=1S/C10H16BrNO/c1-3-9(11)10(13)12-6-4-8(2)5-7-12/h9H,2-7H2,1H3. The Morgan fingerprint density at radius 2 is 2.15 bits per heavy atom. The van der Waals surface area contributed by atoms with E-state index in [-0.39, 0.29) is 10.7 Å². The quantitative estimate of drug-likeness (QED) is 0.541. The van der Waals surface area contributed by atoms with Gasteiger partial charge in [-0.1, -0.05) is 35.0 Å². The van der Waals surface area contributed by atoms with Crippen molar-refractivity contribution in [1.82, 2.24) is 4.90 Å². The number of likely N-dealkylation sites (tertiary alicyclic amines) is 1. The van der Waals surface area contributed by atoms with Gasteiger partial charge >= 0.3 is 0 Å². The fourth-order valence-electron chi connectivity index (χ4n) is 1.42. The van der Waals surface area contributed by atoms with Gasteiger partial charge in [-0.2, -0.15) is 0 Å². The molecule has 1 fully saturated rings. The van der Waals surface area contributed by atoms with Gasteiger partial charge in [-0.05, 0) is 19.3 Å². The number of halogens is 1. The largest absolute Gasteiger partial charge is 0.341 e. The van der Waals surface area contributed by atoms with Crippen molar-refractivity contribution in [2.45, 2.75) is 31.0 Å². The van der Waals surface area contributed by atoms with Gasteiger partial charge < -0.3 is 4.90 Å². The topological polar surface area (TPSA) is 20.3 Å². The Bertz CT molecular complexity index is 205. The zero-order valence-corrected chi connectivity index (χ0v) is 9.64. The fourth-order valence-corrected chi connectivity index (χ4v) is 1.71. The van der Waals surface area contributed by atoms with Crippen LogP contribution in [0.15, 0.2) is 12.2 Å². The van der Waals surface area contributed by atoms with Crippen LogP contribution in [0.25, 0.3) is 0 Å². The van der Waals surface area contributed by atoms with Crippen LogP contribution in [0.5, 0.6) is 0 Å². The molecule has 0 aromatic carbocycles. The van der Waals surface area contributed by atoms with E-state index in [9.17, 15) is 4.79 Å². The number of hydrogen-bond donors (Lipinski definition) is 0. The molecule has 2 nitrogen and oxygen atoms in total. The van der Waals surface area contributed by atoms with Crippen LogP contribution < -0.4 is 0 Å². The van der Waals surface area contributed by atoms with Crippen LogP contribution in [-0.4, -0.2) is 28.7 Å². The van der Waals surface area contributed by atoms with Crippen LogP contribution in [0.4, 0.5) is 0 Å². The summed E-state index contributed by atoms with van der Waals surface area (Å²) in [5.41, 5.74) is 1.27. The predicted octanol–water partition coefficient (Wildman–Crippen LogP) is 2.34. The minimum absolute atomic E-state index is 0.00105. The lowest BCUT2D eigenvalue weighted by atomic mass is 10.1. The first-order valence-electron chi connectivity index (χ1n) is 4.74. The Kier molecular flexibility index (Phi) is 3.97. The van der Waals surface area contributed by atoms with Gasteiger partial charge in [0.1, 0.15) is 0 Å². The zero-order valence-electron chi connectivity index (χ0n) is 8.05. The van der Waals surface area contributed by atoms with Crippen molar-refractivity contribution >= 4 is 21.8 Å². The molecule has 0 spiro atoms. The number of carbonyl (C=O) groups excluding carboxylic acids is 1. The molecule has 1 atom stereocenters. The molecule has 1 amide bonds. The summed E-state index contributed by atoms with van der Waals surface area (Å²) >= 11 is 3.38. The monoisotopic (exact) mass is 245 g/mol. The van der Waals surface area contributed by atoms with Crippen LogP contribution in [0, 0.1) is 0 Å². The van der Waals surface area contributed by atoms with Gasteiger partial charge in [-0.3, -0.25) is 4.79 Å². The summed E-state index contributed by atoms with van der Waals surface area (Å²) < 4.78 is 0. The average molecular weight is 246 g/mol. The van der Waals surface area contributed by atoms with Crippen LogP contribution in [0.3, 0.4) is 0 Å². The summed E-state index contributed by atoms with van der Waals surface area (Å²) in [4.78, 5) is 13.6. The lowest BCUT2D eigenvalue weighted by Gasteiger charge is -2.29. The van der Waals surface area contributed by atoms with E-state index in [1.807, 2.05) is 11.8 Å². The highest BCUT2D eigenvalue weighted by Gasteiger charge is 2.22. The highest BCUT2D eigenvalue weighted by molar-refractivity contribution is 9.10. The Balaban J connectivity index is 2.44. The summed E-state index contributed by atoms with van der Waals surface area (Å²) in [6.45, 7) is 7.63. The van der Waals surface area contributed by atoms with E-state index in [1.165, 1.54) is 5.57 Å². The van der Waals surface area contributed by atoms with Gasteiger partial charge in [0.15, 0.2) is 0 Å². The van der Waals surface area contributed by atoms with E-state index in [2.05, 4.69) is 22.5 Å². The molecule has 0 aromatic heterocycles. The first kappa shape index (κ1) is 10.8. The first-order chi connectivity index (χ1) is 6.15. The van der Waals surface area contributed by atoms with Gasteiger partial charge in [0, 0.05) is 13.1 Å². The zero-order chi connectivity index (χ0) is 9.84. The molecule has 1 aliphatic heterocycles. The normalized spacial score (nSPS) is 20.2. The second-order valence-electron chi connectivity index (χ2n) is 3.45. The molecule has 0 aliphatic carbocycles. The maximum Gasteiger partial charge on any atom is 0.236 e. The third-order valence-electron chi connectivity index (χ3n) is 2.41. The highest BCUT2D eigenvalue weighted by atomic mass is 79.9. The molecule has 0 aromatic rings. The van der Waals surface area contributed by atoms with E-state index in [1.54, 1.807) is 0 Å². The molecular formula is C10H16BrNO. The van der Waals surface area contributed by atoms with Crippen LogP contribution in [0.1, 0.15) is 26.2 Å². The summed E-state index contributed by atoms with van der Waals surface area (Å²) in [6.07, 6.45) is 2.79. The summed E-state index contributed by atoms with van der Waals surface area (Å²) in [6, 6.07) is 0. The van der Waals surface area contributed by atoms with Crippen molar-refractivity contribution in [2.75, 3.05) is 13.1 Å². The third kappa shape index (κ3) is 2.83. The Morgan fingerprint density at radius 1 is 1.62 bits per heavy atom. The number of hydrogen-bond acceptors (Lipinski definition) is 1. The number of carbonyl (C=O) groups is 1. The van der Waals surface area contributed by atoms with E-state index in [0.29, 0.717) is 0 Å². The van der Waals surface area contributed by atoms with Gasteiger partial charge in [0.2, 0.25) is 5.91 Å². The summed E-state index contributed by atoms with van der Waals surface area (Å²) in [5.74, 6) is 0.231. The summed E-state index contributed by atoms with van der Waals surface area (Å²) in [5, 5.41) is 0. The number of alkyl halides is 1. The van der Waals surface area contributed by atoms with Crippen molar-refractivity contribution in [1.29, 1.82) is 0 Å². The van der Waals surface area contributed by atoms with E-state index in [0.717, 1.165) is 32.4 Å². The van der Waals surface area contributed by atoms with Crippen LogP contribution >= 0.6 is 15.9 Å². The SMILES string of the molecule is C=C1CCN(C(=O)C(Br)CC)CC1. The van der Waals surface area contributed by atoms with Crippen molar-refractivity contribution in [3.05, 3.63) is 12.2 Å². The Hall–Kier alpha value is -0.310. The first-order valence-corrected chi connectivity index (χ1v) is 5.66. The Labute approximate surface area is 88.1 Å². The molecule has 1 rings (SSSR count). The van der Waals surface area contributed by atoms with Crippen LogP contribution in [0.2, 0.25) is 0 Å². The molecule has 0 bridgehead atoms. The highest BCUT2D eigenvalue weighted by Crippen LogP contribution is 2.17. The van der Waals surface area contributed by atoms with Crippen molar-refractivity contribution < 1.29 is 4.79 Å². The second-order valence-corrected chi connectivity index (χ2v) is 4.56. The van der Waals surface area contributed by atoms with Gasteiger partial charge in [-0.15, -0.1) is 0 Å². The molecule has 13 heavy (non-hydrogen) atoms. The number of rotatable bonds is 2. The van der Waals surface area contributed by atoms with E-state index >= 15 is 0 Å². The fraction of sp³-hybridized carbons (Fsp3) is 0.700. The lowest BCUT2D eigenvalue weighted by molar-refractivity contribution is -0.130. The second kappa shape index (κ2) is 4.80. The van der Waals surface area contributed by atoms with Crippen molar-refractivity contribution in [3.8, 4) is 0 Å². The summed E-state index contributed by atoms with van der Waals surface area (Å²) in [7, 11) is 0. The lowest BCUT2D eigenvalue weighted by Crippen LogP contribution is -2.40. The van der Waals surface area contributed by atoms with Crippen molar-refractivity contribution in [3.63, 3.8) is 0 Å². The van der Waals surface area contributed by atoms with Gasteiger partial charge in [0.05, 0.1) is 4.83 Å². The van der Waals surface area contributed by atoms with Gasteiger partial charge in [0.25, 0.3) is 0 Å². The number of piperidine rings is 1. The van der Waals surface area contributed by atoms with Gasteiger partial charge in [-0.25, -0.2) is 0 Å². The molecule has 0 saturated carbocycles. The molecule has 1 unspecified atom stereocenters. The molecule has 0 N–H and O–H groups in total. The minimum atomic E-state index is -0.00105. The molecule has 1 heterocycles. The predicted molar refractivity (Wildman–Crippen MR) is 58.0 cm³/mol.